The summed E-state index contributed by atoms with van der Waals surface area (Å²) in [6.45, 7) is 9.58. The van der Waals surface area contributed by atoms with Crippen LogP contribution in [0.5, 0.6) is 0 Å². The highest BCUT2D eigenvalue weighted by molar-refractivity contribution is 5.84. The molecule has 4 heterocycles. The minimum absolute atomic E-state index is 0.188. The van der Waals surface area contributed by atoms with E-state index >= 15 is 0 Å². The largest absolute Gasteiger partial charge is 0.368 e. The molecule has 2 aromatic heterocycles. The van der Waals surface area contributed by atoms with Crippen molar-refractivity contribution in [2.24, 2.45) is 5.92 Å². The van der Waals surface area contributed by atoms with E-state index in [1.165, 1.54) is 18.5 Å². The minimum atomic E-state index is -0.188. The zero-order chi connectivity index (χ0) is 20.7. The van der Waals surface area contributed by atoms with Gasteiger partial charge in [-0.05, 0) is 44.7 Å². The topological polar surface area (TPSA) is 57.5 Å². The van der Waals surface area contributed by atoms with Crippen LogP contribution in [0.3, 0.4) is 0 Å². The molecular weight excluding hydrogens is 376 g/mol. The molecule has 1 unspecified atom stereocenters. The number of carbonyl (C=O) groups excluding carboxylic acids is 1. The summed E-state index contributed by atoms with van der Waals surface area (Å²) >= 11 is 0. The van der Waals surface area contributed by atoms with Crippen LogP contribution >= 0.6 is 0 Å². The Morgan fingerprint density at radius 2 is 1.83 bits per heavy atom. The molecule has 5 rings (SSSR count). The van der Waals surface area contributed by atoms with Crippen molar-refractivity contribution in [2.45, 2.75) is 45.2 Å². The van der Waals surface area contributed by atoms with E-state index in [1.807, 2.05) is 30.9 Å². The Bertz CT molecular complexity index is 882. The van der Waals surface area contributed by atoms with E-state index < -0.39 is 0 Å². The Morgan fingerprint density at radius 1 is 1.10 bits per heavy atom. The molecular formula is C23H32N6O. The molecule has 30 heavy (non-hydrogen) atoms. The molecule has 1 atom stereocenters. The van der Waals surface area contributed by atoms with E-state index in [0.29, 0.717) is 6.04 Å². The summed E-state index contributed by atoms with van der Waals surface area (Å²) in [7, 11) is 0. The van der Waals surface area contributed by atoms with Gasteiger partial charge < -0.3 is 14.4 Å². The van der Waals surface area contributed by atoms with Crippen LogP contribution in [0.4, 0.5) is 5.69 Å². The molecule has 1 saturated heterocycles. The second kappa shape index (κ2) is 8.02. The van der Waals surface area contributed by atoms with Gasteiger partial charge in [0.2, 0.25) is 5.91 Å². The second-order valence-electron chi connectivity index (χ2n) is 9.19. The summed E-state index contributed by atoms with van der Waals surface area (Å²) in [4.78, 5) is 29.5. The summed E-state index contributed by atoms with van der Waals surface area (Å²) in [5.41, 5.74) is 3.44. The Labute approximate surface area is 178 Å². The molecule has 1 amide bonds. The molecule has 160 valence electrons. The third kappa shape index (κ3) is 3.71. The highest BCUT2D eigenvalue weighted by atomic mass is 16.2. The number of hydrogen-bond acceptors (Lipinski definition) is 5. The molecule has 0 N–H and O–H groups in total. The number of amides is 1. The molecule has 0 radical (unpaired) electrons. The number of fused-ring (bicyclic) bond motifs is 1. The Hall–Kier alpha value is -2.41. The summed E-state index contributed by atoms with van der Waals surface area (Å²) in [6, 6.07) is 4.21. The van der Waals surface area contributed by atoms with Crippen molar-refractivity contribution in [3.05, 3.63) is 42.2 Å². The van der Waals surface area contributed by atoms with Crippen molar-refractivity contribution < 1.29 is 4.79 Å². The smallest absolute Gasteiger partial charge is 0.246 e. The first-order chi connectivity index (χ1) is 14.6. The van der Waals surface area contributed by atoms with Gasteiger partial charge in [-0.3, -0.25) is 14.7 Å². The summed E-state index contributed by atoms with van der Waals surface area (Å²) in [5.74, 6) is 1.02. The Morgan fingerprint density at radius 3 is 2.50 bits per heavy atom. The monoisotopic (exact) mass is 408 g/mol. The van der Waals surface area contributed by atoms with Gasteiger partial charge in [-0.1, -0.05) is 0 Å². The summed E-state index contributed by atoms with van der Waals surface area (Å²) < 4.78 is 2.23. The quantitative estimate of drug-likeness (QED) is 0.761. The Balaban J connectivity index is 1.37. The normalized spacial score (nSPS) is 22.4. The number of pyridine rings is 1. The highest BCUT2D eigenvalue weighted by Crippen LogP contribution is 2.37. The van der Waals surface area contributed by atoms with Crippen LogP contribution in [0.1, 0.15) is 50.2 Å². The van der Waals surface area contributed by atoms with Gasteiger partial charge in [-0.15, -0.1) is 0 Å². The van der Waals surface area contributed by atoms with Crippen LogP contribution in [0.15, 0.2) is 30.9 Å². The molecule has 2 fully saturated rings. The lowest BCUT2D eigenvalue weighted by molar-refractivity contribution is -0.138. The molecule has 2 aromatic rings. The first-order valence-corrected chi connectivity index (χ1v) is 11.3. The van der Waals surface area contributed by atoms with E-state index in [4.69, 9.17) is 0 Å². The fraction of sp³-hybridized carbons (Fsp3) is 0.609. The average Bonchev–Trinajstić information content (AvgIpc) is 3.48. The predicted octanol–water partition coefficient (Wildman–Crippen LogP) is 2.52. The highest BCUT2D eigenvalue weighted by Gasteiger charge is 2.41. The fourth-order valence-corrected chi connectivity index (χ4v) is 4.88. The van der Waals surface area contributed by atoms with Gasteiger partial charge in [-0.2, -0.15) is 0 Å². The Kier molecular flexibility index (Phi) is 5.23. The first kappa shape index (κ1) is 19.5. The van der Waals surface area contributed by atoms with Crippen molar-refractivity contribution in [3.8, 4) is 0 Å². The van der Waals surface area contributed by atoms with Crippen molar-refractivity contribution >= 4 is 11.6 Å². The van der Waals surface area contributed by atoms with Gasteiger partial charge in [0, 0.05) is 69.8 Å². The van der Waals surface area contributed by atoms with E-state index in [9.17, 15) is 4.79 Å². The molecule has 7 heteroatoms. The van der Waals surface area contributed by atoms with Crippen LogP contribution in [0.2, 0.25) is 0 Å². The predicted molar refractivity (Wildman–Crippen MR) is 116 cm³/mol. The molecule has 0 bridgehead atoms. The SMILES string of the molecule is CC(C)n1cnc2c1C(C(=O)N1CCN(c3ccncc3)CC1)N(CC1CC1)CC2. The third-order valence-electron chi connectivity index (χ3n) is 6.77. The van der Waals surface area contributed by atoms with Crippen LogP contribution in [-0.2, 0) is 11.2 Å². The zero-order valence-corrected chi connectivity index (χ0v) is 18.1. The van der Waals surface area contributed by atoms with Crippen molar-refractivity contribution in [1.82, 2.24) is 24.3 Å². The number of carbonyl (C=O) groups is 1. The van der Waals surface area contributed by atoms with E-state index in [1.54, 1.807) is 0 Å². The number of imidazole rings is 1. The van der Waals surface area contributed by atoms with Gasteiger partial charge in [0.15, 0.2) is 0 Å². The fourth-order valence-electron chi connectivity index (χ4n) is 4.88. The van der Waals surface area contributed by atoms with Gasteiger partial charge in [0.1, 0.15) is 6.04 Å². The van der Waals surface area contributed by atoms with E-state index in [0.717, 1.165) is 63.0 Å². The van der Waals surface area contributed by atoms with Crippen LogP contribution in [-0.4, -0.2) is 69.5 Å². The molecule has 7 nitrogen and oxygen atoms in total. The van der Waals surface area contributed by atoms with Gasteiger partial charge in [-0.25, -0.2) is 4.98 Å². The number of hydrogen-bond donors (Lipinski definition) is 0. The minimum Gasteiger partial charge on any atom is -0.368 e. The zero-order valence-electron chi connectivity index (χ0n) is 18.1. The van der Waals surface area contributed by atoms with Crippen LogP contribution < -0.4 is 4.90 Å². The molecule has 0 spiro atoms. The summed E-state index contributed by atoms with van der Waals surface area (Å²) in [6.07, 6.45) is 9.16. The lowest BCUT2D eigenvalue weighted by Gasteiger charge is -2.41. The molecule has 3 aliphatic rings. The van der Waals surface area contributed by atoms with Crippen LogP contribution in [0, 0.1) is 5.92 Å². The van der Waals surface area contributed by atoms with Crippen molar-refractivity contribution in [2.75, 3.05) is 44.2 Å². The average molecular weight is 409 g/mol. The molecule has 1 aliphatic carbocycles. The second-order valence-corrected chi connectivity index (χ2v) is 9.19. The number of anilines is 1. The number of aromatic nitrogens is 3. The van der Waals surface area contributed by atoms with Crippen molar-refractivity contribution in [1.29, 1.82) is 0 Å². The molecule has 0 aromatic carbocycles. The molecule has 2 aliphatic heterocycles. The third-order valence-corrected chi connectivity index (χ3v) is 6.77. The maximum atomic E-state index is 13.9. The lowest BCUT2D eigenvalue weighted by Crippen LogP contribution is -2.53. The van der Waals surface area contributed by atoms with Gasteiger partial charge in [0.25, 0.3) is 0 Å². The number of nitrogens with zero attached hydrogens (tertiary/aromatic N) is 6. The standard InChI is InChI=1S/C23H32N6O/c1-17(2)29-16-25-20-7-10-28(15-18-3-4-18)22(21(20)29)23(30)27-13-11-26(12-14-27)19-5-8-24-9-6-19/h5-6,8-9,16-18,22H,3-4,7,10-15H2,1-2H3. The van der Waals surface area contributed by atoms with Gasteiger partial charge in [0.05, 0.1) is 17.7 Å². The van der Waals surface area contributed by atoms with Crippen LogP contribution in [0.25, 0.3) is 0 Å². The number of rotatable bonds is 5. The van der Waals surface area contributed by atoms with Crippen molar-refractivity contribution in [3.63, 3.8) is 0 Å². The number of piperazine rings is 1. The van der Waals surface area contributed by atoms with E-state index in [-0.39, 0.29) is 11.9 Å². The lowest BCUT2D eigenvalue weighted by atomic mass is 9.99. The maximum absolute atomic E-state index is 13.9. The maximum Gasteiger partial charge on any atom is 0.246 e. The van der Waals surface area contributed by atoms with E-state index in [2.05, 4.69) is 43.1 Å². The first-order valence-electron chi connectivity index (χ1n) is 11.3. The molecule has 1 saturated carbocycles. The van der Waals surface area contributed by atoms with Gasteiger partial charge >= 0.3 is 0 Å². The summed E-state index contributed by atoms with van der Waals surface area (Å²) in [5, 5.41) is 0.